The summed E-state index contributed by atoms with van der Waals surface area (Å²) in [6.07, 6.45) is 0. The van der Waals surface area contributed by atoms with Crippen LogP contribution in [0.15, 0.2) is 16.6 Å². The fourth-order valence-electron chi connectivity index (χ4n) is 1.32. The van der Waals surface area contributed by atoms with Crippen molar-refractivity contribution in [1.82, 2.24) is 0 Å². The molecular formula is C10H12BrNO3. The number of hydrogen-bond acceptors (Lipinski definition) is 4. The second-order valence-electron chi connectivity index (χ2n) is 3.06. The molecule has 1 aromatic rings. The first-order chi connectivity index (χ1) is 7.31. The third-order valence-electron chi connectivity index (χ3n) is 1.97. The van der Waals surface area contributed by atoms with Crippen LogP contribution in [0.4, 0.5) is 0 Å². The quantitative estimate of drug-likeness (QED) is 0.908. The molecule has 2 rings (SSSR count). The summed E-state index contributed by atoms with van der Waals surface area (Å²) in [6.45, 7) is 2.13. The molecule has 4 nitrogen and oxygen atoms in total. The summed E-state index contributed by atoms with van der Waals surface area (Å²) in [6, 6.07) is 3.66. The molecule has 15 heavy (non-hydrogen) atoms. The number of ether oxygens (including phenoxy) is 3. The van der Waals surface area contributed by atoms with E-state index in [9.17, 15) is 0 Å². The minimum Gasteiger partial charge on any atom is -0.491 e. The van der Waals surface area contributed by atoms with Crippen molar-refractivity contribution in [2.24, 2.45) is 5.73 Å². The van der Waals surface area contributed by atoms with Crippen molar-refractivity contribution in [3.05, 3.63) is 16.6 Å². The minimum atomic E-state index is 0.484. The summed E-state index contributed by atoms with van der Waals surface area (Å²) in [5, 5.41) is 0. The first-order valence-electron chi connectivity index (χ1n) is 4.73. The fourth-order valence-corrected chi connectivity index (χ4v) is 1.76. The van der Waals surface area contributed by atoms with Crippen molar-refractivity contribution in [3.63, 3.8) is 0 Å². The number of halogens is 1. The van der Waals surface area contributed by atoms with E-state index in [-0.39, 0.29) is 0 Å². The minimum absolute atomic E-state index is 0.484. The highest BCUT2D eigenvalue weighted by atomic mass is 79.9. The summed E-state index contributed by atoms with van der Waals surface area (Å²) in [5.41, 5.74) is 5.37. The van der Waals surface area contributed by atoms with Crippen LogP contribution in [-0.2, 0) is 0 Å². The van der Waals surface area contributed by atoms with Gasteiger partial charge in [-0.3, -0.25) is 0 Å². The van der Waals surface area contributed by atoms with Gasteiger partial charge in [0, 0.05) is 18.7 Å². The molecule has 1 heterocycles. The molecular weight excluding hydrogens is 262 g/mol. The highest BCUT2D eigenvalue weighted by molar-refractivity contribution is 9.10. The summed E-state index contributed by atoms with van der Waals surface area (Å²) >= 11 is 3.40. The number of fused-ring (bicyclic) bond motifs is 1. The van der Waals surface area contributed by atoms with Crippen LogP contribution in [0, 0.1) is 0 Å². The van der Waals surface area contributed by atoms with Gasteiger partial charge >= 0.3 is 0 Å². The molecule has 0 spiro atoms. The van der Waals surface area contributed by atoms with Crippen molar-refractivity contribution in [2.75, 3.05) is 26.4 Å². The number of nitrogens with two attached hydrogens (primary N) is 1. The van der Waals surface area contributed by atoms with E-state index < -0.39 is 0 Å². The molecule has 1 aliphatic rings. The molecule has 0 fully saturated rings. The zero-order chi connectivity index (χ0) is 10.7. The van der Waals surface area contributed by atoms with Gasteiger partial charge < -0.3 is 19.9 Å². The van der Waals surface area contributed by atoms with E-state index in [4.69, 9.17) is 19.9 Å². The van der Waals surface area contributed by atoms with Crippen LogP contribution in [-0.4, -0.2) is 26.4 Å². The Balaban J connectivity index is 2.24. The van der Waals surface area contributed by atoms with Gasteiger partial charge in [0.25, 0.3) is 0 Å². The summed E-state index contributed by atoms with van der Waals surface area (Å²) in [4.78, 5) is 0. The van der Waals surface area contributed by atoms with Crippen molar-refractivity contribution in [1.29, 1.82) is 0 Å². The molecule has 0 aliphatic carbocycles. The second kappa shape index (κ2) is 4.72. The summed E-state index contributed by atoms with van der Waals surface area (Å²) in [7, 11) is 0. The Morgan fingerprint density at radius 1 is 1.27 bits per heavy atom. The summed E-state index contributed by atoms with van der Waals surface area (Å²) < 4.78 is 17.2. The van der Waals surface area contributed by atoms with Gasteiger partial charge in [-0.15, -0.1) is 0 Å². The Bertz CT molecular complexity index is 357. The van der Waals surface area contributed by atoms with E-state index in [2.05, 4.69) is 15.9 Å². The van der Waals surface area contributed by atoms with Crippen LogP contribution < -0.4 is 19.9 Å². The van der Waals surface area contributed by atoms with Gasteiger partial charge in [0.15, 0.2) is 11.5 Å². The zero-order valence-corrected chi connectivity index (χ0v) is 9.75. The third kappa shape index (κ3) is 2.35. The van der Waals surface area contributed by atoms with Crippen molar-refractivity contribution in [3.8, 4) is 17.2 Å². The lowest BCUT2D eigenvalue weighted by Gasteiger charge is -2.19. The Morgan fingerprint density at radius 2 is 1.93 bits per heavy atom. The van der Waals surface area contributed by atoms with Crippen molar-refractivity contribution >= 4 is 15.9 Å². The maximum absolute atomic E-state index is 5.44. The van der Waals surface area contributed by atoms with Gasteiger partial charge in [0.2, 0.25) is 0 Å². The summed E-state index contributed by atoms with van der Waals surface area (Å²) in [5.74, 6) is 2.19. The lowest BCUT2D eigenvalue weighted by atomic mass is 10.3. The number of benzene rings is 1. The van der Waals surface area contributed by atoms with Crippen LogP contribution in [0.1, 0.15) is 0 Å². The normalized spacial score (nSPS) is 13.7. The smallest absolute Gasteiger partial charge is 0.165 e. The first kappa shape index (κ1) is 10.6. The van der Waals surface area contributed by atoms with Gasteiger partial charge in [-0.25, -0.2) is 0 Å². The molecule has 0 atom stereocenters. The molecule has 1 aliphatic heterocycles. The maximum atomic E-state index is 5.44. The van der Waals surface area contributed by atoms with Gasteiger partial charge in [0.05, 0.1) is 4.47 Å². The third-order valence-corrected chi connectivity index (χ3v) is 2.59. The standard InChI is InChI=1S/C10H12BrNO3/c11-7-5-9-10(15-4-3-14-9)6-8(7)13-2-1-12/h5-6H,1-4,12H2. The highest BCUT2D eigenvalue weighted by Gasteiger charge is 2.15. The average Bonchev–Trinajstić information content (AvgIpc) is 2.26. The van der Waals surface area contributed by atoms with E-state index in [0.717, 1.165) is 21.7 Å². The second-order valence-corrected chi connectivity index (χ2v) is 3.92. The molecule has 0 saturated heterocycles. The Labute approximate surface area is 96.4 Å². The van der Waals surface area contributed by atoms with E-state index in [1.807, 2.05) is 12.1 Å². The lowest BCUT2D eigenvalue weighted by Crippen LogP contribution is -2.16. The molecule has 82 valence electrons. The Morgan fingerprint density at radius 3 is 2.60 bits per heavy atom. The zero-order valence-electron chi connectivity index (χ0n) is 8.16. The van der Waals surface area contributed by atoms with E-state index in [1.54, 1.807) is 0 Å². The predicted molar refractivity (Wildman–Crippen MR) is 59.7 cm³/mol. The molecule has 0 amide bonds. The Hall–Kier alpha value is -0.940. The molecule has 0 aromatic heterocycles. The van der Waals surface area contributed by atoms with Crippen LogP contribution in [0.3, 0.4) is 0 Å². The van der Waals surface area contributed by atoms with Gasteiger partial charge in [-0.1, -0.05) is 0 Å². The van der Waals surface area contributed by atoms with E-state index >= 15 is 0 Å². The average molecular weight is 274 g/mol. The van der Waals surface area contributed by atoms with Crippen LogP contribution in [0.5, 0.6) is 17.2 Å². The number of hydrogen-bond donors (Lipinski definition) is 1. The van der Waals surface area contributed by atoms with Crippen molar-refractivity contribution in [2.45, 2.75) is 0 Å². The van der Waals surface area contributed by atoms with Gasteiger partial charge in [0.1, 0.15) is 25.6 Å². The fraction of sp³-hybridized carbons (Fsp3) is 0.400. The monoisotopic (exact) mass is 273 g/mol. The molecule has 0 unspecified atom stereocenters. The van der Waals surface area contributed by atoms with Gasteiger partial charge in [-0.05, 0) is 15.9 Å². The van der Waals surface area contributed by atoms with Crippen LogP contribution >= 0.6 is 15.9 Å². The topological polar surface area (TPSA) is 53.7 Å². The molecule has 0 saturated carbocycles. The highest BCUT2D eigenvalue weighted by Crippen LogP contribution is 2.39. The molecule has 1 aromatic carbocycles. The molecule has 0 radical (unpaired) electrons. The van der Waals surface area contributed by atoms with Gasteiger partial charge in [-0.2, -0.15) is 0 Å². The Kier molecular flexibility index (Phi) is 3.33. The predicted octanol–water partition coefficient (Wildman–Crippen LogP) is 1.56. The number of rotatable bonds is 3. The van der Waals surface area contributed by atoms with Crippen molar-refractivity contribution < 1.29 is 14.2 Å². The molecule has 2 N–H and O–H groups in total. The maximum Gasteiger partial charge on any atom is 0.165 e. The van der Waals surface area contributed by atoms with Crippen LogP contribution in [0.25, 0.3) is 0 Å². The molecule has 0 bridgehead atoms. The largest absolute Gasteiger partial charge is 0.491 e. The van der Waals surface area contributed by atoms with E-state index in [1.165, 1.54) is 0 Å². The first-order valence-corrected chi connectivity index (χ1v) is 5.52. The SMILES string of the molecule is NCCOc1cc2c(cc1Br)OCCO2. The lowest BCUT2D eigenvalue weighted by molar-refractivity contribution is 0.170. The molecule has 5 heteroatoms. The van der Waals surface area contributed by atoms with E-state index in [0.29, 0.717) is 26.4 Å². The van der Waals surface area contributed by atoms with Crippen LogP contribution in [0.2, 0.25) is 0 Å².